The van der Waals surface area contributed by atoms with E-state index in [-0.39, 0.29) is 25.7 Å². The van der Waals surface area contributed by atoms with Crippen molar-refractivity contribution in [2.75, 3.05) is 39.6 Å². The number of hydrogen-bond donors (Lipinski definition) is 3. The minimum absolute atomic E-state index is 0.105. The van der Waals surface area contributed by atoms with Gasteiger partial charge in [-0.1, -0.05) is 370 Å². The lowest BCUT2D eigenvalue weighted by Gasteiger charge is -2.21. The van der Waals surface area contributed by atoms with Crippen LogP contribution in [0.25, 0.3) is 0 Å². The summed E-state index contributed by atoms with van der Waals surface area (Å²) < 4.78 is 68.7. The van der Waals surface area contributed by atoms with Gasteiger partial charge in [-0.25, -0.2) is 9.13 Å². The molecule has 0 spiro atoms. The van der Waals surface area contributed by atoms with Crippen LogP contribution in [0.4, 0.5) is 0 Å². The van der Waals surface area contributed by atoms with E-state index >= 15 is 0 Å². The second-order valence-corrected chi connectivity index (χ2v) is 33.5. The van der Waals surface area contributed by atoms with Crippen molar-refractivity contribution in [3.63, 3.8) is 0 Å². The van der Waals surface area contributed by atoms with Crippen molar-refractivity contribution in [2.24, 2.45) is 17.8 Å². The van der Waals surface area contributed by atoms with E-state index < -0.39 is 97.5 Å². The highest BCUT2D eigenvalue weighted by atomic mass is 31.2. The molecule has 5 atom stereocenters. The van der Waals surface area contributed by atoms with Crippen molar-refractivity contribution in [3.05, 3.63) is 0 Å². The first-order valence-electron chi connectivity index (χ1n) is 41.8. The maximum Gasteiger partial charge on any atom is 0.472 e. The van der Waals surface area contributed by atoms with E-state index in [0.717, 1.165) is 108 Å². The molecule has 0 radical (unpaired) electrons. The van der Waals surface area contributed by atoms with E-state index in [0.29, 0.717) is 31.6 Å². The van der Waals surface area contributed by atoms with Gasteiger partial charge in [-0.15, -0.1) is 0 Å². The van der Waals surface area contributed by atoms with Gasteiger partial charge in [0.1, 0.15) is 19.3 Å². The first kappa shape index (κ1) is 98.1. The number of esters is 4. The predicted molar refractivity (Wildman–Crippen MR) is 409 cm³/mol. The van der Waals surface area contributed by atoms with Gasteiger partial charge in [-0.05, 0) is 43.4 Å². The summed E-state index contributed by atoms with van der Waals surface area (Å²) in [6, 6.07) is 0. The number of phosphoric ester groups is 2. The fourth-order valence-corrected chi connectivity index (χ4v) is 14.1. The van der Waals surface area contributed by atoms with E-state index in [4.69, 9.17) is 37.0 Å². The quantitative estimate of drug-likeness (QED) is 0.0222. The maximum atomic E-state index is 13.1. The normalized spacial score (nSPS) is 14.0. The minimum atomic E-state index is -4.96. The van der Waals surface area contributed by atoms with Gasteiger partial charge in [0, 0.05) is 25.7 Å². The first-order chi connectivity index (χ1) is 48.2. The van der Waals surface area contributed by atoms with Crippen LogP contribution >= 0.6 is 15.6 Å². The Balaban J connectivity index is 5.22. The molecule has 594 valence electrons. The number of carbonyl (C=O) groups is 4. The summed E-state index contributed by atoms with van der Waals surface area (Å²) in [5, 5.41) is 10.6. The molecule has 0 fully saturated rings. The zero-order valence-corrected chi connectivity index (χ0v) is 67.5. The van der Waals surface area contributed by atoms with Gasteiger partial charge in [-0.3, -0.25) is 37.3 Å². The Kier molecular flexibility index (Phi) is 69.9. The molecule has 0 saturated carbocycles. The highest BCUT2D eigenvalue weighted by molar-refractivity contribution is 7.47. The minimum Gasteiger partial charge on any atom is -0.462 e. The fourth-order valence-electron chi connectivity index (χ4n) is 12.5. The number of aliphatic hydroxyl groups is 1. The average Bonchev–Trinajstić information content (AvgIpc) is 0.925. The molecule has 0 aliphatic heterocycles. The zero-order chi connectivity index (χ0) is 73.7. The average molecular weight is 1470 g/mol. The van der Waals surface area contributed by atoms with Crippen LogP contribution in [0.2, 0.25) is 0 Å². The summed E-state index contributed by atoms with van der Waals surface area (Å²) in [4.78, 5) is 73.0. The summed E-state index contributed by atoms with van der Waals surface area (Å²) in [5.74, 6) is 0.149. The Morgan fingerprint density at radius 1 is 0.270 bits per heavy atom. The van der Waals surface area contributed by atoms with Crippen molar-refractivity contribution in [1.82, 2.24) is 0 Å². The Bertz CT molecular complexity index is 1940. The third kappa shape index (κ3) is 74.3. The Hall–Kier alpha value is -1.94. The van der Waals surface area contributed by atoms with Crippen LogP contribution in [-0.2, 0) is 65.4 Å². The van der Waals surface area contributed by atoms with Crippen LogP contribution in [0.1, 0.15) is 421 Å². The smallest absolute Gasteiger partial charge is 0.462 e. The van der Waals surface area contributed by atoms with Crippen LogP contribution in [-0.4, -0.2) is 96.7 Å². The van der Waals surface area contributed by atoms with Crippen molar-refractivity contribution in [1.29, 1.82) is 0 Å². The van der Waals surface area contributed by atoms with E-state index in [9.17, 15) is 43.2 Å². The lowest BCUT2D eigenvalue weighted by molar-refractivity contribution is -0.161. The molecule has 0 aliphatic rings. The van der Waals surface area contributed by atoms with Gasteiger partial charge in [0.25, 0.3) is 0 Å². The van der Waals surface area contributed by atoms with Crippen LogP contribution in [0.15, 0.2) is 0 Å². The molecule has 0 amide bonds. The largest absolute Gasteiger partial charge is 0.472 e. The number of phosphoric acid groups is 2. The van der Waals surface area contributed by atoms with Gasteiger partial charge >= 0.3 is 39.5 Å². The number of carbonyl (C=O) groups excluding carboxylic acids is 4. The number of unbranched alkanes of at least 4 members (excludes halogenated alkanes) is 47. The highest BCUT2D eigenvalue weighted by Gasteiger charge is 2.30. The molecule has 0 aromatic rings. The summed E-state index contributed by atoms with van der Waals surface area (Å²) in [5.41, 5.74) is 0. The number of hydrogen-bond acceptors (Lipinski definition) is 15. The van der Waals surface area contributed by atoms with E-state index in [1.807, 2.05) is 0 Å². The molecular weight excluding hydrogens is 1310 g/mol. The van der Waals surface area contributed by atoms with Crippen molar-refractivity contribution in [2.45, 2.75) is 439 Å². The van der Waals surface area contributed by atoms with Crippen LogP contribution in [0.3, 0.4) is 0 Å². The number of aliphatic hydroxyl groups excluding tert-OH is 1. The molecule has 3 N–H and O–H groups in total. The number of ether oxygens (including phenoxy) is 4. The maximum absolute atomic E-state index is 13.1. The van der Waals surface area contributed by atoms with Gasteiger partial charge in [0.2, 0.25) is 0 Å². The van der Waals surface area contributed by atoms with Crippen LogP contribution < -0.4 is 0 Å². The van der Waals surface area contributed by atoms with E-state index in [1.54, 1.807) is 0 Å². The second kappa shape index (κ2) is 71.3. The molecule has 100 heavy (non-hydrogen) atoms. The van der Waals surface area contributed by atoms with Crippen LogP contribution in [0, 0.1) is 17.8 Å². The molecule has 19 heteroatoms. The third-order valence-electron chi connectivity index (χ3n) is 18.9. The van der Waals surface area contributed by atoms with Gasteiger partial charge < -0.3 is 33.8 Å². The molecule has 0 saturated heterocycles. The molecule has 0 aromatic carbocycles. The van der Waals surface area contributed by atoms with Crippen molar-refractivity contribution in [3.8, 4) is 0 Å². The van der Waals surface area contributed by atoms with Gasteiger partial charge in [0.05, 0.1) is 26.4 Å². The third-order valence-corrected chi connectivity index (χ3v) is 20.8. The standard InChI is InChI=1S/C81H158O17P2/c1-8-9-10-11-12-13-14-15-16-19-23-26-29-34-41-48-55-62-78(83)91-68-76(97-80(85)64-57-50-42-35-30-27-24-21-18-17-20-22-25-28-32-38-45-52-59-72(2)3)70-95-99(87,88)93-66-75(82)67-94-100(89,90)96-71-77(69-92-79(84)63-56-49-44-37-40-47-54-61-74(6)7)98-81(86)65-58-51-43-36-31-33-39-46-53-60-73(4)5/h72-77,82H,8-71H2,1-7H3,(H,87,88)(H,89,90)/t75-,76-,77-/m1/s1. The van der Waals surface area contributed by atoms with Gasteiger partial charge in [0.15, 0.2) is 12.2 Å². The Morgan fingerprint density at radius 2 is 0.460 bits per heavy atom. The van der Waals surface area contributed by atoms with E-state index in [1.165, 1.54) is 225 Å². The molecule has 2 unspecified atom stereocenters. The fraction of sp³-hybridized carbons (Fsp3) is 0.951. The second-order valence-electron chi connectivity index (χ2n) is 30.6. The molecule has 0 heterocycles. The summed E-state index contributed by atoms with van der Waals surface area (Å²) >= 11 is 0. The van der Waals surface area contributed by atoms with Crippen LogP contribution in [0.5, 0.6) is 0 Å². The Labute approximate surface area is 613 Å². The lowest BCUT2D eigenvalue weighted by atomic mass is 10.0. The summed E-state index contributed by atoms with van der Waals surface area (Å²) in [6.07, 6.45) is 59.9. The summed E-state index contributed by atoms with van der Waals surface area (Å²) in [7, 11) is -9.92. The highest BCUT2D eigenvalue weighted by Crippen LogP contribution is 2.45. The SMILES string of the molecule is CCCCCCCCCCCCCCCCCCCC(=O)OC[C@H](COP(=O)(O)OC[C@@H](O)COP(=O)(O)OC[C@@H](COC(=O)CCCCCCCCCC(C)C)OC(=O)CCCCCCCCCCCC(C)C)OC(=O)CCCCCCCCCCCCCCCCCCCCC(C)C. The van der Waals surface area contributed by atoms with E-state index in [2.05, 4.69) is 48.5 Å². The van der Waals surface area contributed by atoms with Crippen molar-refractivity contribution < 1.29 is 80.2 Å². The molecule has 0 aliphatic carbocycles. The summed E-state index contributed by atoms with van der Waals surface area (Å²) in [6.45, 7) is 11.9. The lowest BCUT2D eigenvalue weighted by Crippen LogP contribution is -2.30. The molecule has 0 rings (SSSR count). The van der Waals surface area contributed by atoms with Gasteiger partial charge in [-0.2, -0.15) is 0 Å². The molecular formula is C81H158O17P2. The predicted octanol–water partition coefficient (Wildman–Crippen LogP) is 24.1. The number of rotatable bonds is 79. The molecule has 17 nitrogen and oxygen atoms in total. The zero-order valence-electron chi connectivity index (χ0n) is 65.7. The monoisotopic (exact) mass is 1470 g/mol. The molecule has 0 aromatic heterocycles. The Morgan fingerprint density at radius 3 is 0.680 bits per heavy atom. The first-order valence-corrected chi connectivity index (χ1v) is 44.8. The van der Waals surface area contributed by atoms with Crippen molar-refractivity contribution >= 4 is 39.5 Å². The topological polar surface area (TPSA) is 237 Å². The molecule has 0 bridgehead atoms.